The van der Waals surface area contributed by atoms with Crippen LogP contribution in [0.15, 0.2) is 24.3 Å². The molecule has 1 aromatic rings. The molecule has 0 spiro atoms. The highest BCUT2D eigenvalue weighted by atomic mass is 19.3. The molecule has 1 N–H and O–H groups in total. The lowest BCUT2D eigenvalue weighted by molar-refractivity contribution is -0.130. The second-order valence-electron chi connectivity index (χ2n) is 4.17. The number of alkyl halides is 4. The lowest BCUT2D eigenvalue weighted by Crippen LogP contribution is -2.34. The van der Waals surface area contributed by atoms with Crippen molar-refractivity contribution in [3.05, 3.63) is 29.8 Å². The molecule has 0 aliphatic carbocycles. The number of halogens is 4. The molecular weight excluding hydrogens is 280 g/mol. The fraction of sp³-hybridized carbons (Fsp3) is 0.417. The Balaban J connectivity index is 2.11. The molecule has 1 heterocycles. The highest BCUT2D eigenvalue weighted by Crippen LogP contribution is 2.25. The van der Waals surface area contributed by atoms with Gasteiger partial charge in [0.1, 0.15) is 11.9 Å². The van der Waals surface area contributed by atoms with Gasteiger partial charge < -0.3 is 9.64 Å². The standard InChI is InChI=1S/C12H12F4N2O2/c13-9(14)6-18-10(19)5-17-11(18)7-1-3-8(4-2-7)20-12(15)16/h1-4,9,11-12,17H,5-6H2. The Morgan fingerprint density at radius 3 is 2.45 bits per heavy atom. The molecule has 0 bridgehead atoms. The molecule has 1 fully saturated rings. The first-order valence-electron chi connectivity index (χ1n) is 5.83. The summed E-state index contributed by atoms with van der Waals surface area (Å²) < 4.78 is 53.1. The molecule has 1 saturated heterocycles. The van der Waals surface area contributed by atoms with E-state index in [1.165, 1.54) is 24.3 Å². The zero-order valence-corrected chi connectivity index (χ0v) is 10.2. The summed E-state index contributed by atoms with van der Waals surface area (Å²) in [6, 6.07) is 5.50. The van der Waals surface area contributed by atoms with E-state index >= 15 is 0 Å². The number of nitrogens with zero attached hydrogens (tertiary/aromatic N) is 1. The normalized spacial score (nSPS) is 19.2. The monoisotopic (exact) mass is 292 g/mol. The van der Waals surface area contributed by atoms with Crippen molar-refractivity contribution in [3.8, 4) is 5.75 Å². The van der Waals surface area contributed by atoms with Crippen molar-refractivity contribution in [1.29, 1.82) is 0 Å². The molecule has 1 aromatic carbocycles. The summed E-state index contributed by atoms with van der Waals surface area (Å²) in [6.07, 6.45) is -3.32. The van der Waals surface area contributed by atoms with Crippen LogP contribution in [0.4, 0.5) is 17.6 Å². The Morgan fingerprint density at radius 1 is 1.25 bits per heavy atom. The van der Waals surface area contributed by atoms with Gasteiger partial charge in [-0.25, -0.2) is 8.78 Å². The third kappa shape index (κ3) is 3.38. The smallest absolute Gasteiger partial charge is 0.387 e. The van der Waals surface area contributed by atoms with Crippen LogP contribution in [0.2, 0.25) is 0 Å². The van der Waals surface area contributed by atoms with Crippen LogP contribution in [0.5, 0.6) is 5.75 Å². The maximum Gasteiger partial charge on any atom is 0.387 e. The molecule has 2 rings (SSSR count). The molecule has 1 aliphatic heterocycles. The molecule has 8 heteroatoms. The molecule has 0 saturated carbocycles. The lowest BCUT2D eigenvalue weighted by Gasteiger charge is -2.24. The van der Waals surface area contributed by atoms with Crippen molar-refractivity contribution >= 4 is 5.91 Å². The van der Waals surface area contributed by atoms with Crippen LogP contribution in [0, 0.1) is 0 Å². The average molecular weight is 292 g/mol. The molecule has 1 amide bonds. The maximum absolute atomic E-state index is 12.4. The number of carbonyl (C=O) groups is 1. The summed E-state index contributed by atoms with van der Waals surface area (Å²) in [5.74, 6) is -0.461. The number of benzene rings is 1. The van der Waals surface area contributed by atoms with Crippen LogP contribution >= 0.6 is 0 Å². The minimum absolute atomic E-state index is 0.0338. The highest BCUT2D eigenvalue weighted by molar-refractivity contribution is 5.81. The molecule has 1 unspecified atom stereocenters. The average Bonchev–Trinajstić information content (AvgIpc) is 2.71. The van der Waals surface area contributed by atoms with Gasteiger partial charge >= 0.3 is 6.61 Å². The fourth-order valence-corrected chi connectivity index (χ4v) is 2.02. The Hall–Kier alpha value is -1.83. The van der Waals surface area contributed by atoms with Gasteiger partial charge in [0.05, 0.1) is 13.1 Å². The third-order valence-electron chi connectivity index (χ3n) is 2.83. The number of amides is 1. The number of hydrogen-bond donors (Lipinski definition) is 1. The number of carbonyl (C=O) groups excluding carboxylic acids is 1. The van der Waals surface area contributed by atoms with Gasteiger partial charge in [-0.1, -0.05) is 12.1 Å². The van der Waals surface area contributed by atoms with Crippen molar-refractivity contribution in [3.63, 3.8) is 0 Å². The van der Waals surface area contributed by atoms with Crippen molar-refractivity contribution in [2.75, 3.05) is 13.1 Å². The zero-order chi connectivity index (χ0) is 14.7. The summed E-state index contributed by atoms with van der Waals surface area (Å²) in [5, 5.41) is 2.79. The minimum Gasteiger partial charge on any atom is -0.435 e. The van der Waals surface area contributed by atoms with Crippen molar-refractivity contribution in [2.45, 2.75) is 19.2 Å². The predicted molar refractivity (Wildman–Crippen MR) is 61.5 cm³/mol. The first-order valence-corrected chi connectivity index (χ1v) is 5.83. The van der Waals surface area contributed by atoms with Gasteiger partial charge in [-0.2, -0.15) is 8.78 Å². The third-order valence-corrected chi connectivity index (χ3v) is 2.83. The molecule has 0 aromatic heterocycles. The van der Waals surface area contributed by atoms with Crippen LogP contribution in [-0.2, 0) is 4.79 Å². The second kappa shape index (κ2) is 6.08. The molecule has 20 heavy (non-hydrogen) atoms. The topological polar surface area (TPSA) is 41.6 Å². The summed E-state index contributed by atoms with van der Waals surface area (Å²) in [6.45, 7) is -3.64. The van der Waals surface area contributed by atoms with Crippen LogP contribution < -0.4 is 10.1 Å². The summed E-state index contributed by atoms with van der Waals surface area (Å²) in [5.41, 5.74) is 0.526. The van der Waals surface area contributed by atoms with Gasteiger partial charge in [0.2, 0.25) is 5.91 Å². The largest absolute Gasteiger partial charge is 0.435 e. The SMILES string of the molecule is O=C1CNC(c2ccc(OC(F)F)cc2)N1CC(F)F. The zero-order valence-electron chi connectivity index (χ0n) is 10.2. The molecule has 1 atom stereocenters. The van der Waals surface area contributed by atoms with E-state index in [1.807, 2.05) is 0 Å². The van der Waals surface area contributed by atoms with Crippen molar-refractivity contribution in [1.82, 2.24) is 10.2 Å². The molecule has 1 aliphatic rings. The fourth-order valence-electron chi connectivity index (χ4n) is 2.02. The van der Waals surface area contributed by atoms with E-state index in [0.717, 1.165) is 4.90 Å². The van der Waals surface area contributed by atoms with E-state index < -0.39 is 31.7 Å². The van der Waals surface area contributed by atoms with E-state index in [-0.39, 0.29) is 12.3 Å². The Kier molecular flexibility index (Phi) is 4.43. The van der Waals surface area contributed by atoms with E-state index in [2.05, 4.69) is 10.1 Å². The maximum atomic E-state index is 12.4. The Bertz CT molecular complexity index is 467. The van der Waals surface area contributed by atoms with E-state index in [0.29, 0.717) is 5.56 Å². The Morgan fingerprint density at radius 2 is 1.90 bits per heavy atom. The van der Waals surface area contributed by atoms with E-state index in [4.69, 9.17) is 0 Å². The van der Waals surface area contributed by atoms with Gasteiger partial charge in [0, 0.05) is 0 Å². The molecule has 110 valence electrons. The van der Waals surface area contributed by atoms with Crippen LogP contribution in [0.3, 0.4) is 0 Å². The summed E-state index contributed by atoms with van der Waals surface area (Å²) >= 11 is 0. The number of ether oxygens (including phenoxy) is 1. The highest BCUT2D eigenvalue weighted by Gasteiger charge is 2.33. The Labute approximate surface area is 112 Å². The van der Waals surface area contributed by atoms with Crippen molar-refractivity contribution in [2.24, 2.45) is 0 Å². The first-order chi connectivity index (χ1) is 9.47. The first kappa shape index (κ1) is 14.6. The number of hydrogen-bond acceptors (Lipinski definition) is 3. The van der Waals surface area contributed by atoms with Gasteiger partial charge in [0.15, 0.2) is 0 Å². The predicted octanol–water partition coefficient (Wildman–Crippen LogP) is 1.98. The van der Waals surface area contributed by atoms with Crippen LogP contribution in [-0.4, -0.2) is 36.9 Å². The molecular formula is C12H12F4N2O2. The minimum atomic E-state index is -2.93. The summed E-state index contributed by atoms with van der Waals surface area (Å²) in [4.78, 5) is 12.5. The van der Waals surface area contributed by atoms with Gasteiger partial charge in [-0.05, 0) is 17.7 Å². The van der Waals surface area contributed by atoms with Crippen LogP contribution in [0.25, 0.3) is 0 Å². The van der Waals surface area contributed by atoms with Crippen molar-refractivity contribution < 1.29 is 27.1 Å². The molecule has 0 radical (unpaired) electrons. The van der Waals surface area contributed by atoms with Gasteiger partial charge in [-0.15, -0.1) is 0 Å². The quantitative estimate of drug-likeness (QED) is 0.844. The van der Waals surface area contributed by atoms with E-state index in [1.54, 1.807) is 0 Å². The summed E-state index contributed by atoms with van der Waals surface area (Å²) in [7, 11) is 0. The lowest BCUT2D eigenvalue weighted by atomic mass is 10.1. The van der Waals surface area contributed by atoms with Gasteiger partial charge in [0.25, 0.3) is 6.43 Å². The van der Waals surface area contributed by atoms with Gasteiger partial charge in [-0.3, -0.25) is 10.1 Å². The van der Waals surface area contributed by atoms with E-state index in [9.17, 15) is 22.4 Å². The molecule has 4 nitrogen and oxygen atoms in total. The number of rotatable bonds is 5. The second-order valence-corrected chi connectivity index (χ2v) is 4.17. The van der Waals surface area contributed by atoms with Crippen LogP contribution in [0.1, 0.15) is 11.7 Å². The number of nitrogens with one attached hydrogen (secondary N) is 1.